The average Bonchev–Trinajstić information content (AvgIpc) is 2.51. The van der Waals surface area contributed by atoms with Gasteiger partial charge in [0, 0.05) is 7.05 Å². The van der Waals surface area contributed by atoms with Crippen molar-refractivity contribution < 1.29 is 28.4 Å². The molecule has 8 heteroatoms. The van der Waals surface area contributed by atoms with Crippen LogP contribution in [0.4, 0.5) is 4.79 Å². The molecule has 0 radical (unpaired) electrons. The van der Waals surface area contributed by atoms with E-state index in [9.17, 15) is 9.36 Å². The predicted octanol–water partition coefficient (Wildman–Crippen LogP) is 3.49. The summed E-state index contributed by atoms with van der Waals surface area (Å²) in [5, 5.41) is 2.37. The first-order valence-electron chi connectivity index (χ1n) is 7.40. The highest BCUT2D eigenvalue weighted by molar-refractivity contribution is 7.46. The van der Waals surface area contributed by atoms with Gasteiger partial charge in [-0.3, -0.25) is 9.79 Å². The molecule has 0 atom stereocenters. The first-order valence-corrected chi connectivity index (χ1v) is 8.93. The Morgan fingerprint density at radius 1 is 1.08 bits per heavy atom. The summed E-state index contributed by atoms with van der Waals surface area (Å²) in [5.41, 5.74) is 2.74. The number of phosphoric ester groups is 1. The molecule has 2 aromatic rings. The number of ether oxygens (including phenoxy) is 1. The van der Waals surface area contributed by atoms with Crippen molar-refractivity contribution in [2.45, 2.75) is 20.8 Å². The minimum absolute atomic E-state index is 0.230. The Morgan fingerprint density at radius 3 is 2.28 bits per heavy atom. The predicted molar refractivity (Wildman–Crippen MR) is 94.9 cm³/mol. The molecule has 2 rings (SSSR count). The van der Waals surface area contributed by atoms with Gasteiger partial charge in [0.25, 0.3) is 0 Å². The lowest BCUT2D eigenvalue weighted by atomic mass is 10.1. The molecule has 2 aromatic carbocycles. The van der Waals surface area contributed by atoms with Crippen LogP contribution in [0.2, 0.25) is 0 Å². The number of hydrogen-bond acceptors (Lipinski definition) is 4. The smallest absolute Gasteiger partial charge is 0.410 e. The van der Waals surface area contributed by atoms with E-state index in [0.29, 0.717) is 5.75 Å². The van der Waals surface area contributed by atoms with Crippen molar-refractivity contribution in [1.82, 2.24) is 5.32 Å². The lowest BCUT2D eigenvalue weighted by Crippen LogP contribution is -2.21. The molecule has 0 unspecified atom stereocenters. The molecule has 136 valence electrons. The Kier molecular flexibility index (Phi) is 7.64. The van der Waals surface area contributed by atoms with E-state index in [1.807, 2.05) is 32.0 Å². The van der Waals surface area contributed by atoms with Crippen molar-refractivity contribution in [3.63, 3.8) is 0 Å². The number of aryl methyl sites for hydroxylation is 2. The van der Waals surface area contributed by atoms with E-state index >= 15 is 0 Å². The largest absolute Gasteiger partial charge is 0.524 e. The van der Waals surface area contributed by atoms with Crippen LogP contribution in [0.15, 0.2) is 42.5 Å². The second-order valence-corrected chi connectivity index (χ2v) is 6.40. The molecule has 0 saturated carbocycles. The molecule has 25 heavy (non-hydrogen) atoms. The molecule has 0 aromatic heterocycles. The van der Waals surface area contributed by atoms with Gasteiger partial charge in [0.15, 0.2) is 0 Å². The zero-order chi connectivity index (χ0) is 19.0. The average molecular weight is 367 g/mol. The molecule has 0 aliphatic carbocycles. The third-order valence-corrected chi connectivity index (χ3v) is 3.61. The van der Waals surface area contributed by atoms with Gasteiger partial charge in [0.2, 0.25) is 0 Å². The zero-order valence-electron chi connectivity index (χ0n) is 14.5. The van der Waals surface area contributed by atoms with Crippen LogP contribution in [-0.4, -0.2) is 22.9 Å². The first-order chi connectivity index (χ1) is 11.6. The van der Waals surface area contributed by atoms with Crippen LogP contribution in [0.1, 0.15) is 16.7 Å². The molecule has 0 bridgehead atoms. The van der Waals surface area contributed by atoms with Crippen LogP contribution in [0.25, 0.3) is 0 Å². The highest BCUT2D eigenvalue weighted by Gasteiger charge is 2.17. The van der Waals surface area contributed by atoms with E-state index in [-0.39, 0.29) is 5.75 Å². The van der Waals surface area contributed by atoms with Crippen molar-refractivity contribution in [2.24, 2.45) is 0 Å². The van der Waals surface area contributed by atoms with E-state index in [1.54, 1.807) is 25.1 Å². The molecule has 0 heterocycles. The number of carbonyl (C=O) groups is 1. The normalized spacial score (nSPS) is 10.3. The summed E-state index contributed by atoms with van der Waals surface area (Å²) in [7, 11) is -2.91. The SMILES string of the molecule is CNC(=O)Oc1cccc(C)c1.Cc1cccc(OP(=O)(O)O)c1C. The number of carbonyl (C=O) groups excluding carboxylic acids is 1. The van der Waals surface area contributed by atoms with Crippen molar-refractivity contribution in [2.75, 3.05) is 7.05 Å². The number of benzene rings is 2. The van der Waals surface area contributed by atoms with E-state index in [2.05, 4.69) is 9.84 Å². The van der Waals surface area contributed by atoms with Gasteiger partial charge < -0.3 is 14.6 Å². The molecular formula is C17H22NO6P. The first kappa shape index (κ1) is 20.7. The maximum Gasteiger partial charge on any atom is 0.524 e. The number of phosphoric acid groups is 1. The minimum Gasteiger partial charge on any atom is -0.410 e. The van der Waals surface area contributed by atoms with Crippen LogP contribution in [0, 0.1) is 20.8 Å². The van der Waals surface area contributed by atoms with E-state index < -0.39 is 13.9 Å². The Bertz CT molecular complexity index is 771. The Balaban J connectivity index is 0.000000251. The molecule has 7 nitrogen and oxygen atoms in total. The molecule has 1 amide bonds. The quantitative estimate of drug-likeness (QED) is 0.717. The summed E-state index contributed by atoms with van der Waals surface area (Å²) >= 11 is 0. The third-order valence-electron chi connectivity index (χ3n) is 3.18. The van der Waals surface area contributed by atoms with Gasteiger partial charge in [0.1, 0.15) is 11.5 Å². The number of amides is 1. The van der Waals surface area contributed by atoms with Crippen LogP contribution < -0.4 is 14.6 Å². The Hall–Kier alpha value is -2.34. The van der Waals surface area contributed by atoms with Crippen LogP contribution in [0.5, 0.6) is 11.5 Å². The van der Waals surface area contributed by atoms with Crippen molar-refractivity contribution in [3.05, 3.63) is 59.2 Å². The summed E-state index contributed by atoms with van der Waals surface area (Å²) in [6, 6.07) is 12.4. The van der Waals surface area contributed by atoms with Gasteiger partial charge >= 0.3 is 13.9 Å². The topological polar surface area (TPSA) is 105 Å². The maximum absolute atomic E-state index is 10.8. The molecule has 0 fully saturated rings. The van der Waals surface area contributed by atoms with Gasteiger partial charge in [0.05, 0.1) is 0 Å². The molecule has 0 aliphatic heterocycles. The lowest BCUT2D eigenvalue weighted by molar-refractivity contribution is 0.203. The highest BCUT2D eigenvalue weighted by Crippen LogP contribution is 2.39. The summed E-state index contributed by atoms with van der Waals surface area (Å²) in [6.07, 6.45) is -0.444. The lowest BCUT2D eigenvalue weighted by Gasteiger charge is -2.10. The Labute approximate surface area is 146 Å². The van der Waals surface area contributed by atoms with Gasteiger partial charge in [-0.2, -0.15) is 0 Å². The van der Waals surface area contributed by atoms with E-state index in [4.69, 9.17) is 14.5 Å². The molecule has 0 aliphatic rings. The second kappa shape index (κ2) is 9.22. The zero-order valence-corrected chi connectivity index (χ0v) is 15.4. The summed E-state index contributed by atoms with van der Waals surface area (Å²) in [5.74, 6) is 0.794. The summed E-state index contributed by atoms with van der Waals surface area (Å²) in [6.45, 7) is 5.54. The molecule has 0 saturated heterocycles. The third kappa shape index (κ3) is 7.85. The molecule has 3 N–H and O–H groups in total. The Morgan fingerprint density at radius 2 is 1.72 bits per heavy atom. The summed E-state index contributed by atoms with van der Waals surface area (Å²) in [4.78, 5) is 27.9. The van der Waals surface area contributed by atoms with Gasteiger partial charge in [-0.15, -0.1) is 0 Å². The molecular weight excluding hydrogens is 345 g/mol. The minimum atomic E-state index is -4.43. The van der Waals surface area contributed by atoms with Crippen LogP contribution >= 0.6 is 7.82 Å². The monoisotopic (exact) mass is 367 g/mol. The van der Waals surface area contributed by atoms with E-state index in [0.717, 1.165) is 16.7 Å². The van der Waals surface area contributed by atoms with Gasteiger partial charge in [-0.25, -0.2) is 9.36 Å². The van der Waals surface area contributed by atoms with E-state index in [1.165, 1.54) is 13.1 Å². The highest BCUT2D eigenvalue weighted by atomic mass is 31.2. The van der Waals surface area contributed by atoms with Crippen molar-refractivity contribution in [3.8, 4) is 11.5 Å². The standard InChI is InChI=1S/C9H11NO2.C8H11O4P/c1-7-4-3-5-8(6-7)12-9(11)10-2;1-6-4-3-5-8(7(6)2)12-13(9,10)11/h3-6H,1-2H3,(H,10,11);3-5H,1-2H3,(H2,9,10,11). The maximum atomic E-state index is 10.8. The number of rotatable bonds is 3. The molecule has 0 spiro atoms. The fraction of sp³-hybridized carbons (Fsp3) is 0.235. The number of hydrogen-bond donors (Lipinski definition) is 3. The fourth-order valence-electron chi connectivity index (χ4n) is 1.79. The van der Waals surface area contributed by atoms with Crippen molar-refractivity contribution >= 4 is 13.9 Å². The second-order valence-electron chi connectivity index (χ2n) is 5.24. The van der Waals surface area contributed by atoms with Gasteiger partial charge in [-0.05, 0) is 55.7 Å². The van der Waals surface area contributed by atoms with Crippen LogP contribution in [0.3, 0.4) is 0 Å². The van der Waals surface area contributed by atoms with Crippen LogP contribution in [-0.2, 0) is 4.57 Å². The fourth-order valence-corrected chi connectivity index (χ4v) is 2.24. The van der Waals surface area contributed by atoms with Crippen molar-refractivity contribution in [1.29, 1.82) is 0 Å². The summed E-state index contributed by atoms with van der Waals surface area (Å²) < 4.78 is 19.9. The number of nitrogens with one attached hydrogen (secondary N) is 1. The van der Waals surface area contributed by atoms with Gasteiger partial charge in [-0.1, -0.05) is 24.3 Å².